The van der Waals surface area contributed by atoms with E-state index >= 15 is 0 Å². The highest BCUT2D eigenvalue weighted by Gasteiger charge is 2.46. The molecule has 4 heteroatoms. The number of carbonyl (C=O) groups is 1. The van der Waals surface area contributed by atoms with Gasteiger partial charge in [0.25, 0.3) is 0 Å². The van der Waals surface area contributed by atoms with Gasteiger partial charge in [0.05, 0.1) is 11.1 Å². The highest BCUT2D eigenvalue weighted by Crippen LogP contribution is 2.46. The quantitative estimate of drug-likeness (QED) is 0.897. The van der Waals surface area contributed by atoms with Crippen LogP contribution in [0.5, 0.6) is 0 Å². The van der Waals surface area contributed by atoms with E-state index in [1.165, 1.54) is 0 Å². The first-order valence-corrected chi connectivity index (χ1v) is 7.36. The molecule has 21 heavy (non-hydrogen) atoms. The summed E-state index contributed by atoms with van der Waals surface area (Å²) in [5.41, 5.74) is 0.127. The van der Waals surface area contributed by atoms with Crippen molar-refractivity contribution < 1.29 is 14.6 Å². The molecule has 1 fully saturated rings. The molecular formula is C17H25NO3. The minimum absolute atomic E-state index is 0.344. The fourth-order valence-corrected chi connectivity index (χ4v) is 2.31. The molecule has 1 saturated carbocycles. The Morgan fingerprint density at radius 2 is 1.86 bits per heavy atom. The topological polar surface area (TPSA) is 58.6 Å². The van der Waals surface area contributed by atoms with E-state index in [1.54, 1.807) is 13.8 Å². The predicted octanol–water partition coefficient (Wildman–Crippen LogP) is 3.43. The molecule has 0 unspecified atom stereocenters. The van der Waals surface area contributed by atoms with Gasteiger partial charge in [-0.15, -0.1) is 0 Å². The number of benzene rings is 1. The first-order chi connectivity index (χ1) is 9.52. The van der Waals surface area contributed by atoms with Crippen molar-refractivity contribution in [1.82, 2.24) is 5.32 Å². The lowest BCUT2D eigenvalue weighted by molar-refractivity contribution is 0.0495. The Morgan fingerprint density at radius 1 is 1.24 bits per heavy atom. The zero-order valence-corrected chi connectivity index (χ0v) is 13.5. The standard InChI is InChI=1S/C17H25NO3/c1-15(2,3)21-14(19)18-17(9-10-17)13-8-6-7-12(11-13)16(4,5)20/h6-8,11,20H,9-10H2,1-5H3,(H,18,19). The molecule has 0 atom stereocenters. The number of aliphatic hydroxyl groups is 1. The molecule has 0 saturated heterocycles. The molecule has 1 amide bonds. The Morgan fingerprint density at radius 3 is 2.33 bits per heavy atom. The molecular weight excluding hydrogens is 266 g/mol. The highest BCUT2D eigenvalue weighted by molar-refractivity contribution is 5.70. The van der Waals surface area contributed by atoms with E-state index in [-0.39, 0.29) is 5.54 Å². The number of hydrogen-bond acceptors (Lipinski definition) is 3. The van der Waals surface area contributed by atoms with Crippen LogP contribution in [0, 0.1) is 0 Å². The lowest BCUT2D eigenvalue weighted by Crippen LogP contribution is -2.39. The highest BCUT2D eigenvalue weighted by atomic mass is 16.6. The van der Waals surface area contributed by atoms with Gasteiger partial charge in [-0.1, -0.05) is 24.3 Å². The molecule has 0 aromatic heterocycles. The monoisotopic (exact) mass is 291 g/mol. The van der Waals surface area contributed by atoms with E-state index in [9.17, 15) is 9.90 Å². The Labute approximate surface area is 126 Å². The number of carbonyl (C=O) groups excluding carboxylic acids is 1. The summed E-state index contributed by atoms with van der Waals surface area (Å²) >= 11 is 0. The van der Waals surface area contributed by atoms with E-state index < -0.39 is 17.3 Å². The fourth-order valence-electron chi connectivity index (χ4n) is 2.31. The van der Waals surface area contributed by atoms with Gasteiger partial charge in [0.1, 0.15) is 5.60 Å². The second kappa shape index (κ2) is 5.02. The van der Waals surface area contributed by atoms with Gasteiger partial charge in [0.15, 0.2) is 0 Å². The van der Waals surface area contributed by atoms with Gasteiger partial charge in [0.2, 0.25) is 0 Å². The van der Waals surface area contributed by atoms with Crippen molar-refractivity contribution in [2.45, 2.75) is 64.2 Å². The average Bonchev–Trinajstić information content (AvgIpc) is 3.06. The van der Waals surface area contributed by atoms with Crippen LogP contribution >= 0.6 is 0 Å². The van der Waals surface area contributed by atoms with E-state index in [4.69, 9.17) is 4.74 Å². The average molecular weight is 291 g/mol. The van der Waals surface area contributed by atoms with Gasteiger partial charge >= 0.3 is 6.09 Å². The third-order valence-corrected chi connectivity index (χ3v) is 3.61. The largest absolute Gasteiger partial charge is 0.444 e. The molecule has 0 bridgehead atoms. The lowest BCUT2D eigenvalue weighted by atomic mass is 9.93. The summed E-state index contributed by atoms with van der Waals surface area (Å²) in [6.45, 7) is 9.06. The molecule has 116 valence electrons. The van der Waals surface area contributed by atoms with Crippen molar-refractivity contribution in [3.63, 3.8) is 0 Å². The van der Waals surface area contributed by atoms with Gasteiger partial charge in [0, 0.05) is 0 Å². The second-order valence-corrected chi connectivity index (χ2v) is 7.35. The molecule has 1 aromatic rings. The third kappa shape index (κ3) is 3.97. The molecule has 1 aliphatic rings. The van der Waals surface area contributed by atoms with Crippen LogP contribution in [0.2, 0.25) is 0 Å². The summed E-state index contributed by atoms with van der Waals surface area (Å²) in [6, 6.07) is 7.76. The van der Waals surface area contributed by atoms with Crippen molar-refractivity contribution in [3.05, 3.63) is 35.4 Å². The number of amides is 1. The summed E-state index contributed by atoms with van der Waals surface area (Å²) in [4.78, 5) is 12.0. The first kappa shape index (κ1) is 15.8. The van der Waals surface area contributed by atoms with Gasteiger partial charge in [-0.2, -0.15) is 0 Å². The van der Waals surface area contributed by atoms with Crippen molar-refractivity contribution >= 4 is 6.09 Å². The molecule has 1 aromatic carbocycles. The minimum Gasteiger partial charge on any atom is -0.444 e. The van der Waals surface area contributed by atoms with Crippen molar-refractivity contribution in [2.24, 2.45) is 0 Å². The Kier molecular flexibility index (Phi) is 3.79. The maximum Gasteiger partial charge on any atom is 0.408 e. The van der Waals surface area contributed by atoms with Gasteiger partial charge in [-0.05, 0) is 58.6 Å². The van der Waals surface area contributed by atoms with Crippen LogP contribution in [0.25, 0.3) is 0 Å². The predicted molar refractivity (Wildman–Crippen MR) is 82.0 cm³/mol. The fraction of sp³-hybridized carbons (Fsp3) is 0.588. The second-order valence-electron chi connectivity index (χ2n) is 7.35. The maximum atomic E-state index is 12.0. The summed E-state index contributed by atoms with van der Waals surface area (Å²) in [5.74, 6) is 0. The van der Waals surface area contributed by atoms with E-state index in [2.05, 4.69) is 5.32 Å². The first-order valence-electron chi connectivity index (χ1n) is 7.36. The molecule has 2 rings (SSSR count). The third-order valence-electron chi connectivity index (χ3n) is 3.61. The number of alkyl carbamates (subject to hydrolysis) is 1. The van der Waals surface area contributed by atoms with Crippen LogP contribution in [0.15, 0.2) is 24.3 Å². The smallest absolute Gasteiger partial charge is 0.408 e. The molecule has 4 nitrogen and oxygen atoms in total. The van der Waals surface area contributed by atoms with Crippen molar-refractivity contribution in [2.75, 3.05) is 0 Å². The summed E-state index contributed by atoms with van der Waals surface area (Å²) in [6.07, 6.45) is 1.39. The zero-order valence-electron chi connectivity index (χ0n) is 13.5. The SMILES string of the molecule is CC(C)(C)OC(=O)NC1(c2cccc(C(C)(C)O)c2)CC1. The molecule has 0 spiro atoms. The minimum atomic E-state index is -0.891. The Balaban J connectivity index is 2.16. The van der Waals surface area contributed by atoms with Crippen molar-refractivity contribution in [1.29, 1.82) is 0 Å². The van der Waals surface area contributed by atoms with Gasteiger partial charge in [-0.3, -0.25) is 0 Å². The Bertz CT molecular complexity index is 534. The molecule has 0 aliphatic heterocycles. The maximum absolute atomic E-state index is 12.0. The summed E-state index contributed by atoms with van der Waals surface area (Å²) < 4.78 is 5.33. The number of rotatable bonds is 3. The van der Waals surface area contributed by atoms with E-state index in [0.29, 0.717) is 0 Å². The molecule has 1 aliphatic carbocycles. The van der Waals surface area contributed by atoms with E-state index in [0.717, 1.165) is 24.0 Å². The van der Waals surface area contributed by atoms with Gasteiger partial charge < -0.3 is 15.2 Å². The lowest BCUT2D eigenvalue weighted by Gasteiger charge is -2.25. The molecule has 0 heterocycles. The number of hydrogen-bond donors (Lipinski definition) is 2. The van der Waals surface area contributed by atoms with Gasteiger partial charge in [-0.25, -0.2) is 4.79 Å². The zero-order chi connectivity index (χ0) is 15.9. The van der Waals surface area contributed by atoms with Crippen LogP contribution in [0.3, 0.4) is 0 Å². The number of ether oxygens (including phenoxy) is 1. The van der Waals surface area contributed by atoms with Crippen molar-refractivity contribution in [3.8, 4) is 0 Å². The van der Waals surface area contributed by atoms with Crippen LogP contribution in [-0.4, -0.2) is 16.8 Å². The molecule has 0 radical (unpaired) electrons. The Hall–Kier alpha value is -1.55. The van der Waals surface area contributed by atoms with Crippen LogP contribution in [-0.2, 0) is 15.9 Å². The summed E-state index contributed by atoms with van der Waals surface area (Å²) in [5, 5.41) is 13.1. The summed E-state index contributed by atoms with van der Waals surface area (Å²) in [7, 11) is 0. The van der Waals surface area contributed by atoms with Crippen LogP contribution in [0.1, 0.15) is 58.6 Å². The molecule has 2 N–H and O–H groups in total. The normalized spacial score (nSPS) is 17.2. The number of nitrogens with one attached hydrogen (secondary N) is 1. The van der Waals surface area contributed by atoms with Crippen LogP contribution in [0.4, 0.5) is 4.79 Å². The van der Waals surface area contributed by atoms with Crippen LogP contribution < -0.4 is 5.32 Å². The van der Waals surface area contributed by atoms with E-state index in [1.807, 2.05) is 45.0 Å².